The highest BCUT2D eigenvalue weighted by Gasteiger charge is 2.29. The molecular weight excluding hydrogens is 368 g/mol. The number of carbonyl (C=O) groups excluding carboxylic acids is 1. The standard InChI is InChI=1S/C20H21ClN2O4/c1-3-12(2)16(10-24)22-20(25)17-18(14-6-4-5-7-15(14)21)23-27-19(17)13-8-9-26-11-13/h4-9,11-12,16,24H,3,10H2,1-2H3,(H,22,25). The molecule has 2 atom stereocenters. The molecule has 0 saturated carbocycles. The van der Waals surface area contributed by atoms with Gasteiger partial charge in [0, 0.05) is 5.56 Å². The van der Waals surface area contributed by atoms with Gasteiger partial charge in [-0.05, 0) is 18.1 Å². The zero-order valence-corrected chi connectivity index (χ0v) is 15.9. The summed E-state index contributed by atoms with van der Waals surface area (Å²) in [5.41, 5.74) is 1.78. The number of aliphatic hydroxyl groups excluding tert-OH is 1. The van der Waals surface area contributed by atoms with Gasteiger partial charge in [0.2, 0.25) is 0 Å². The molecule has 2 unspecified atom stereocenters. The van der Waals surface area contributed by atoms with Crippen molar-refractivity contribution in [3.63, 3.8) is 0 Å². The first kappa shape index (κ1) is 19.2. The van der Waals surface area contributed by atoms with E-state index in [0.29, 0.717) is 21.8 Å². The minimum Gasteiger partial charge on any atom is -0.472 e. The molecule has 0 saturated heterocycles. The van der Waals surface area contributed by atoms with Crippen LogP contribution in [0, 0.1) is 5.92 Å². The third-order valence-electron chi connectivity index (χ3n) is 4.68. The van der Waals surface area contributed by atoms with Gasteiger partial charge in [-0.3, -0.25) is 4.79 Å². The number of hydrogen-bond acceptors (Lipinski definition) is 5. The average Bonchev–Trinajstić information content (AvgIpc) is 3.35. The van der Waals surface area contributed by atoms with E-state index in [1.165, 1.54) is 12.5 Å². The molecule has 0 radical (unpaired) electrons. The number of aromatic nitrogens is 1. The molecule has 3 aromatic rings. The van der Waals surface area contributed by atoms with Crippen LogP contribution in [0.25, 0.3) is 22.6 Å². The molecule has 3 rings (SSSR count). The Balaban J connectivity index is 2.07. The molecule has 2 aromatic heterocycles. The molecule has 0 aliphatic heterocycles. The number of halogens is 1. The van der Waals surface area contributed by atoms with E-state index in [1.807, 2.05) is 19.9 Å². The molecule has 0 aliphatic carbocycles. The number of benzene rings is 1. The molecule has 7 heteroatoms. The fourth-order valence-electron chi connectivity index (χ4n) is 2.82. The first-order valence-electron chi connectivity index (χ1n) is 8.75. The van der Waals surface area contributed by atoms with Crippen LogP contribution in [-0.4, -0.2) is 28.8 Å². The van der Waals surface area contributed by atoms with Crippen molar-refractivity contribution in [2.24, 2.45) is 5.92 Å². The molecule has 1 aromatic carbocycles. The zero-order valence-electron chi connectivity index (χ0n) is 15.1. The van der Waals surface area contributed by atoms with Gasteiger partial charge in [-0.15, -0.1) is 0 Å². The maximum Gasteiger partial charge on any atom is 0.257 e. The van der Waals surface area contributed by atoms with Gasteiger partial charge < -0.3 is 19.4 Å². The van der Waals surface area contributed by atoms with Gasteiger partial charge >= 0.3 is 0 Å². The third-order valence-corrected chi connectivity index (χ3v) is 5.01. The lowest BCUT2D eigenvalue weighted by Crippen LogP contribution is -2.42. The molecule has 2 N–H and O–H groups in total. The molecule has 0 bridgehead atoms. The molecule has 142 valence electrons. The van der Waals surface area contributed by atoms with Crippen molar-refractivity contribution in [2.45, 2.75) is 26.3 Å². The number of furan rings is 1. The van der Waals surface area contributed by atoms with E-state index in [-0.39, 0.29) is 35.8 Å². The summed E-state index contributed by atoms with van der Waals surface area (Å²) in [6, 6.07) is 8.41. The van der Waals surface area contributed by atoms with E-state index in [1.54, 1.807) is 24.3 Å². The van der Waals surface area contributed by atoms with E-state index < -0.39 is 0 Å². The highest BCUT2D eigenvalue weighted by Crippen LogP contribution is 2.35. The van der Waals surface area contributed by atoms with Gasteiger partial charge in [0.25, 0.3) is 5.91 Å². The maximum absolute atomic E-state index is 13.1. The number of aliphatic hydroxyl groups is 1. The summed E-state index contributed by atoms with van der Waals surface area (Å²) in [5.74, 6) is 0.0127. The quantitative estimate of drug-likeness (QED) is 0.626. The minimum atomic E-state index is -0.387. The highest BCUT2D eigenvalue weighted by atomic mass is 35.5. The molecular formula is C20H21ClN2O4. The number of hydrogen-bond donors (Lipinski definition) is 2. The Kier molecular flexibility index (Phi) is 5.98. The highest BCUT2D eigenvalue weighted by molar-refractivity contribution is 6.33. The van der Waals surface area contributed by atoms with Crippen LogP contribution < -0.4 is 5.32 Å². The molecule has 1 amide bonds. The van der Waals surface area contributed by atoms with E-state index >= 15 is 0 Å². The van der Waals surface area contributed by atoms with Crippen molar-refractivity contribution >= 4 is 17.5 Å². The Labute approximate surface area is 162 Å². The average molecular weight is 389 g/mol. The lowest BCUT2D eigenvalue weighted by molar-refractivity contribution is 0.0892. The lowest BCUT2D eigenvalue weighted by Gasteiger charge is -2.22. The maximum atomic E-state index is 13.1. The Bertz CT molecular complexity index is 905. The van der Waals surface area contributed by atoms with Crippen molar-refractivity contribution < 1.29 is 18.8 Å². The third kappa shape index (κ3) is 3.91. The van der Waals surface area contributed by atoms with Crippen LogP contribution in [0.4, 0.5) is 0 Å². The normalized spacial score (nSPS) is 13.3. The molecule has 6 nitrogen and oxygen atoms in total. The number of nitrogens with zero attached hydrogens (tertiary/aromatic N) is 1. The second-order valence-electron chi connectivity index (χ2n) is 6.38. The SMILES string of the molecule is CCC(C)C(CO)NC(=O)c1c(-c2ccccc2Cl)noc1-c1ccoc1. The smallest absolute Gasteiger partial charge is 0.257 e. The van der Waals surface area contributed by atoms with Crippen LogP contribution in [0.3, 0.4) is 0 Å². The van der Waals surface area contributed by atoms with Crippen LogP contribution in [0.1, 0.15) is 30.6 Å². The van der Waals surface area contributed by atoms with Crippen molar-refractivity contribution in [3.8, 4) is 22.6 Å². The van der Waals surface area contributed by atoms with Crippen LogP contribution >= 0.6 is 11.6 Å². The fraction of sp³-hybridized carbons (Fsp3) is 0.300. The molecule has 0 aliphatic rings. The molecule has 0 fully saturated rings. The molecule has 27 heavy (non-hydrogen) atoms. The van der Waals surface area contributed by atoms with E-state index in [9.17, 15) is 9.90 Å². The lowest BCUT2D eigenvalue weighted by atomic mass is 9.98. The zero-order chi connectivity index (χ0) is 19.4. The number of carbonyl (C=O) groups is 1. The van der Waals surface area contributed by atoms with Crippen LogP contribution in [-0.2, 0) is 0 Å². The second-order valence-corrected chi connectivity index (χ2v) is 6.78. The van der Waals surface area contributed by atoms with E-state index in [4.69, 9.17) is 20.5 Å². The van der Waals surface area contributed by atoms with Crippen molar-refractivity contribution in [2.75, 3.05) is 6.61 Å². The summed E-state index contributed by atoms with van der Waals surface area (Å²) < 4.78 is 10.6. The first-order valence-corrected chi connectivity index (χ1v) is 9.13. The summed E-state index contributed by atoms with van der Waals surface area (Å²) in [6.07, 6.45) is 3.79. The van der Waals surface area contributed by atoms with Crippen molar-refractivity contribution in [1.29, 1.82) is 0 Å². The van der Waals surface area contributed by atoms with Gasteiger partial charge in [-0.2, -0.15) is 0 Å². The fourth-order valence-corrected chi connectivity index (χ4v) is 3.05. The van der Waals surface area contributed by atoms with E-state index in [0.717, 1.165) is 6.42 Å². The minimum absolute atomic E-state index is 0.111. The van der Waals surface area contributed by atoms with Crippen molar-refractivity contribution in [3.05, 3.63) is 53.4 Å². The summed E-state index contributed by atoms with van der Waals surface area (Å²) in [7, 11) is 0. The summed E-state index contributed by atoms with van der Waals surface area (Å²) in [4.78, 5) is 13.1. The van der Waals surface area contributed by atoms with Gasteiger partial charge in [-0.25, -0.2) is 0 Å². The van der Waals surface area contributed by atoms with Gasteiger partial charge in [0.15, 0.2) is 5.76 Å². The summed E-state index contributed by atoms with van der Waals surface area (Å²) in [5, 5.41) is 17.1. The van der Waals surface area contributed by atoms with Crippen LogP contribution in [0.2, 0.25) is 5.02 Å². The number of amides is 1. The topological polar surface area (TPSA) is 88.5 Å². The van der Waals surface area contributed by atoms with E-state index in [2.05, 4.69) is 10.5 Å². The predicted molar refractivity (Wildman–Crippen MR) is 102 cm³/mol. The Morgan fingerprint density at radius 2 is 2.11 bits per heavy atom. The Morgan fingerprint density at radius 3 is 2.74 bits per heavy atom. The Morgan fingerprint density at radius 1 is 1.33 bits per heavy atom. The first-order chi connectivity index (χ1) is 13.1. The Hall–Kier alpha value is -2.57. The van der Waals surface area contributed by atoms with Gasteiger partial charge in [0.1, 0.15) is 17.5 Å². The largest absolute Gasteiger partial charge is 0.472 e. The molecule has 2 heterocycles. The van der Waals surface area contributed by atoms with Gasteiger partial charge in [0.05, 0.1) is 29.5 Å². The van der Waals surface area contributed by atoms with Crippen molar-refractivity contribution in [1.82, 2.24) is 10.5 Å². The molecule has 0 spiro atoms. The monoisotopic (exact) mass is 388 g/mol. The van der Waals surface area contributed by atoms with Crippen LogP contribution in [0.5, 0.6) is 0 Å². The van der Waals surface area contributed by atoms with Crippen LogP contribution in [0.15, 0.2) is 51.8 Å². The number of rotatable bonds is 7. The summed E-state index contributed by atoms with van der Waals surface area (Å²) >= 11 is 6.30. The number of nitrogens with one attached hydrogen (secondary N) is 1. The predicted octanol–water partition coefficient (Wildman–Crippen LogP) is 4.39. The second kappa shape index (κ2) is 8.41. The summed E-state index contributed by atoms with van der Waals surface area (Å²) in [6.45, 7) is 3.82. The van der Waals surface area contributed by atoms with Gasteiger partial charge in [-0.1, -0.05) is 55.2 Å².